The molecule has 2 aromatic rings. The first-order valence-corrected chi connectivity index (χ1v) is 6.45. The molecule has 3 heteroatoms. The molecule has 0 N–H and O–H groups in total. The van der Waals surface area contributed by atoms with E-state index in [0.717, 1.165) is 23.5 Å². The van der Waals surface area contributed by atoms with Gasteiger partial charge in [0.1, 0.15) is 5.75 Å². The molecule has 1 atom stereocenters. The minimum absolute atomic E-state index is 0.127. The molecule has 0 bridgehead atoms. The fraction of sp³-hybridized carbons (Fsp3) is 0.312. The summed E-state index contributed by atoms with van der Waals surface area (Å²) >= 11 is 0. The molecule has 100 valence electrons. The van der Waals surface area contributed by atoms with E-state index in [1.807, 2.05) is 19.2 Å². The molecule has 0 aliphatic carbocycles. The highest BCUT2D eigenvalue weighted by molar-refractivity contribution is 5.64. The highest BCUT2D eigenvalue weighted by atomic mass is 16.5. The second-order valence-corrected chi connectivity index (χ2v) is 4.33. The van der Waals surface area contributed by atoms with Gasteiger partial charge in [0, 0.05) is 18.4 Å². The fourth-order valence-corrected chi connectivity index (χ4v) is 1.98. The van der Waals surface area contributed by atoms with Crippen LogP contribution in [-0.2, 0) is 4.74 Å². The van der Waals surface area contributed by atoms with Crippen molar-refractivity contribution in [2.24, 2.45) is 0 Å². The Hall–Kier alpha value is -1.87. The second-order valence-electron chi connectivity index (χ2n) is 4.33. The summed E-state index contributed by atoms with van der Waals surface area (Å²) in [4.78, 5) is 4.17. The van der Waals surface area contributed by atoms with Crippen molar-refractivity contribution >= 4 is 0 Å². The topological polar surface area (TPSA) is 31.4 Å². The Morgan fingerprint density at radius 3 is 2.47 bits per heavy atom. The van der Waals surface area contributed by atoms with E-state index in [1.165, 1.54) is 5.56 Å². The summed E-state index contributed by atoms with van der Waals surface area (Å²) in [5, 5.41) is 0. The Morgan fingerprint density at radius 1 is 1.11 bits per heavy atom. The van der Waals surface area contributed by atoms with Gasteiger partial charge in [0.05, 0.1) is 19.4 Å². The third-order valence-electron chi connectivity index (χ3n) is 3.08. The van der Waals surface area contributed by atoms with Crippen LogP contribution in [0, 0.1) is 0 Å². The van der Waals surface area contributed by atoms with Gasteiger partial charge >= 0.3 is 0 Å². The molecular formula is C16H19NO2. The van der Waals surface area contributed by atoms with E-state index in [1.54, 1.807) is 13.3 Å². The standard InChI is InChI=1S/C16H19NO2/c1-4-19-12(2)13-5-7-14(8-6-13)15-9-16(18-3)11-17-10-15/h5-12H,4H2,1-3H3. The van der Waals surface area contributed by atoms with Crippen molar-refractivity contribution < 1.29 is 9.47 Å². The molecule has 1 aromatic heterocycles. The molecule has 0 amide bonds. The summed E-state index contributed by atoms with van der Waals surface area (Å²) in [7, 11) is 1.65. The lowest BCUT2D eigenvalue weighted by Gasteiger charge is -2.12. The van der Waals surface area contributed by atoms with Gasteiger partial charge in [-0.05, 0) is 31.0 Å². The molecule has 0 radical (unpaired) electrons. The van der Waals surface area contributed by atoms with Crippen molar-refractivity contribution in [2.75, 3.05) is 13.7 Å². The minimum atomic E-state index is 0.127. The number of ether oxygens (including phenoxy) is 2. The molecule has 0 saturated carbocycles. The average Bonchev–Trinajstić information content (AvgIpc) is 2.48. The Morgan fingerprint density at radius 2 is 1.84 bits per heavy atom. The first-order chi connectivity index (χ1) is 9.24. The highest BCUT2D eigenvalue weighted by Gasteiger charge is 2.05. The quantitative estimate of drug-likeness (QED) is 0.815. The van der Waals surface area contributed by atoms with E-state index in [2.05, 4.69) is 36.2 Å². The summed E-state index contributed by atoms with van der Waals surface area (Å²) in [5.41, 5.74) is 3.36. The smallest absolute Gasteiger partial charge is 0.137 e. The summed E-state index contributed by atoms with van der Waals surface area (Å²) in [6.45, 7) is 4.79. The zero-order valence-corrected chi connectivity index (χ0v) is 11.6. The van der Waals surface area contributed by atoms with Gasteiger partial charge in [0.25, 0.3) is 0 Å². The molecule has 19 heavy (non-hydrogen) atoms. The molecule has 1 aromatic carbocycles. The number of rotatable bonds is 5. The van der Waals surface area contributed by atoms with E-state index in [0.29, 0.717) is 0 Å². The molecule has 0 fully saturated rings. The number of nitrogens with zero attached hydrogens (tertiary/aromatic N) is 1. The van der Waals surface area contributed by atoms with Gasteiger partial charge in [-0.15, -0.1) is 0 Å². The van der Waals surface area contributed by atoms with Crippen LogP contribution in [0.25, 0.3) is 11.1 Å². The van der Waals surface area contributed by atoms with Crippen molar-refractivity contribution in [2.45, 2.75) is 20.0 Å². The van der Waals surface area contributed by atoms with Gasteiger partial charge in [-0.25, -0.2) is 0 Å². The lowest BCUT2D eigenvalue weighted by molar-refractivity contribution is 0.0764. The molecule has 1 unspecified atom stereocenters. The predicted octanol–water partition coefficient (Wildman–Crippen LogP) is 3.85. The zero-order chi connectivity index (χ0) is 13.7. The van der Waals surface area contributed by atoms with Crippen molar-refractivity contribution in [3.05, 3.63) is 48.3 Å². The van der Waals surface area contributed by atoms with Crippen LogP contribution in [0.3, 0.4) is 0 Å². The third kappa shape index (κ3) is 3.32. The zero-order valence-electron chi connectivity index (χ0n) is 11.6. The van der Waals surface area contributed by atoms with Crippen LogP contribution >= 0.6 is 0 Å². The van der Waals surface area contributed by atoms with Crippen LogP contribution in [0.15, 0.2) is 42.7 Å². The summed E-state index contributed by atoms with van der Waals surface area (Å²) < 4.78 is 10.8. The molecule has 2 rings (SSSR count). The normalized spacial score (nSPS) is 12.2. The molecule has 0 aliphatic heterocycles. The number of benzene rings is 1. The second kappa shape index (κ2) is 6.34. The van der Waals surface area contributed by atoms with E-state index in [4.69, 9.17) is 9.47 Å². The molecule has 0 aliphatic rings. The average molecular weight is 257 g/mol. The summed E-state index contributed by atoms with van der Waals surface area (Å²) in [6.07, 6.45) is 3.67. The molecular weight excluding hydrogens is 238 g/mol. The predicted molar refractivity (Wildman–Crippen MR) is 76.3 cm³/mol. The van der Waals surface area contributed by atoms with Crippen molar-refractivity contribution in [3.8, 4) is 16.9 Å². The number of aromatic nitrogens is 1. The number of methoxy groups -OCH3 is 1. The Balaban J connectivity index is 2.22. The van der Waals surface area contributed by atoms with E-state index < -0.39 is 0 Å². The van der Waals surface area contributed by atoms with Gasteiger partial charge in [0.2, 0.25) is 0 Å². The monoisotopic (exact) mass is 257 g/mol. The van der Waals surface area contributed by atoms with Crippen LogP contribution in [0.4, 0.5) is 0 Å². The van der Waals surface area contributed by atoms with E-state index in [9.17, 15) is 0 Å². The van der Waals surface area contributed by atoms with E-state index >= 15 is 0 Å². The van der Waals surface area contributed by atoms with Gasteiger partial charge in [0.15, 0.2) is 0 Å². The van der Waals surface area contributed by atoms with Crippen LogP contribution in [0.2, 0.25) is 0 Å². The van der Waals surface area contributed by atoms with Crippen molar-refractivity contribution in [1.29, 1.82) is 0 Å². The maximum atomic E-state index is 5.58. The number of hydrogen-bond acceptors (Lipinski definition) is 3. The first-order valence-electron chi connectivity index (χ1n) is 6.45. The number of hydrogen-bond donors (Lipinski definition) is 0. The van der Waals surface area contributed by atoms with Crippen molar-refractivity contribution in [3.63, 3.8) is 0 Å². The number of pyridine rings is 1. The van der Waals surface area contributed by atoms with Gasteiger partial charge in [-0.1, -0.05) is 24.3 Å². The molecule has 0 saturated heterocycles. The van der Waals surface area contributed by atoms with Gasteiger partial charge in [-0.2, -0.15) is 0 Å². The Bertz CT molecular complexity index is 523. The van der Waals surface area contributed by atoms with E-state index in [-0.39, 0.29) is 6.10 Å². The maximum Gasteiger partial charge on any atom is 0.137 e. The lowest BCUT2D eigenvalue weighted by atomic mass is 10.0. The molecule has 3 nitrogen and oxygen atoms in total. The minimum Gasteiger partial charge on any atom is -0.495 e. The Kier molecular flexibility index (Phi) is 4.53. The van der Waals surface area contributed by atoms with Crippen LogP contribution < -0.4 is 4.74 Å². The van der Waals surface area contributed by atoms with Gasteiger partial charge in [-0.3, -0.25) is 4.98 Å². The Labute approximate surface area is 114 Å². The maximum absolute atomic E-state index is 5.58. The summed E-state index contributed by atoms with van der Waals surface area (Å²) in [5.74, 6) is 0.768. The highest BCUT2D eigenvalue weighted by Crippen LogP contribution is 2.25. The summed E-state index contributed by atoms with van der Waals surface area (Å²) in [6, 6.07) is 10.3. The van der Waals surface area contributed by atoms with Crippen LogP contribution in [-0.4, -0.2) is 18.7 Å². The van der Waals surface area contributed by atoms with Crippen LogP contribution in [0.1, 0.15) is 25.5 Å². The van der Waals surface area contributed by atoms with Gasteiger partial charge < -0.3 is 9.47 Å². The lowest BCUT2D eigenvalue weighted by Crippen LogP contribution is -1.98. The SMILES string of the molecule is CCOC(C)c1ccc(-c2cncc(OC)c2)cc1. The first kappa shape index (κ1) is 13.6. The molecule has 1 heterocycles. The van der Waals surface area contributed by atoms with Crippen LogP contribution in [0.5, 0.6) is 5.75 Å². The fourth-order valence-electron chi connectivity index (χ4n) is 1.98. The molecule has 0 spiro atoms. The van der Waals surface area contributed by atoms with Crippen molar-refractivity contribution in [1.82, 2.24) is 4.98 Å². The largest absolute Gasteiger partial charge is 0.495 e. The third-order valence-corrected chi connectivity index (χ3v) is 3.08.